The molecule has 3 heterocycles. The van der Waals surface area contributed by atoms with Gasteiger partial charge in [0.25, 0.3) is 0 Å². The van der Waals surface area contributed by atoms with Crippen LogP contribution in [0.4, 0.5) is 0 Å². The molecule has 0 spiro atoms. The number of hydrogen-bond donors (Lipinski definition) is 0. The van der Waals surface area contributed by atoms with E-state index in [1.165, 1.54) is 0 Å². The molecule has 9 rings (SSSR count). The van der Waals surface area contributed by atoms with Crippen molar-refractivity contribution in [1.29, 1.82) is 0 Å². The maximum Gasteiger partial charge on any atom is 0.167 e. The second-order valence-corrected chi connectivity index (χ2v) is 10.8. The van der Waals surface area contributed by atoms with E-state index in [2.05, 4.69) is 42.5 Å². The van der Waals surface area contributed by atoms with Gasteiger partial charge in [-0.05, 0) is 29.8 Å². The predicted molar refractivity (Wildman–Crippen MR) is 176 cm³/mol. The Balaban J connectivity index is 1.26. The summed E-state index contributed by atoms with van der Waals surface area (Å²) in [6.45, 7) is 0. The molecule has 0 atom stereocenters. The molecule has 44 heavy (non-hydrogen) atoms. The first kappa shape index (κ1) is 24.5. The maximum atomic E-state index is 6.77. The Kier molecular flexibility index (Phi) is 5.43. The summed E-state index contributed by atoms with van der Waals surface area (Å²) < 4.78 is 12.9. The average Bonchev–Trinajstić information content (AvgIpc) is 3.67. The Morgan fingerprint density at radius 1 is 0.341 bits per heavy atom. The molecule has 0 bridgehead atoms. The molecule has 0 radical (unpaired) electrons. The number of rotatable bonds is 4. The van der Waals surface area contributed by atoms with Crippen LogP contribution in [-0.2, 0) is 0 Å². The third-order valence-electron chi connectivity index (χ3n) is 8.15. The van der Waals surface area contributed by atoms with Crippen LogP contribution in [0.1, 0.15) is 0 Å². The highest BCUT2D eigenvalue weighted by atomic mass is 16.3. The zero-order valence-electron chi connectivity index (χ0n) is 23.4. The molecular formula is C39H23N3O2. The Hall–Kier alpha value is -6.07. The number of hydrogen-bond acceptors (Lipinski definition) is 5. The van der Waals surface area contributed by atoms with Crippen molar-refractivity contribution in [1.82, 2.24) is 15.0 Å². The molecule has 0 aliphatic heterocycles. The fraction of sp³-hybridized carbons (Fsp3) is 0. The molecular weight excluding hydrogens is 542 g/mol. The van der Waals surface area contributed by atoms with Crippen molar-refractivity contribution in [2.45, 2.75) is 0 Å². The predicted octanol–water partition coefficient (Wildman–Crippen LogP) is 10.3. The van der Waals surface area contributed by atoms with Crippen molar-refractivity contribution in [3.63, 3.8) is 0 Å². The van der Waals surface area contributed by atoms with Gasteiger partial charge in [0, 0.05) is 38.2 Å². The Morgan fingerprint density at radius 2 is 0.886 bits per heavy atom. The maximum absolute atomic E-state index is 6.77. The van der Waals surface area contributed by atoms with Crippen LogP contribution in [-0.4, -0.2) is 15.0 Å². The monoisotopic (exact) mass is 565 g/mol. The minimum atomic E-state index is 0.565. The number of furan rings is 2. The molecule has 5 heteroatoms. The second kappa shape index (κ2) is 9.75. The smallest absolute Gasteiger partial charge is 0.167 e. The number of aromatic nitrogens is 3. The van der Waals surface area contributed by atoms with Crippen molar-refractivity contribution in [2.75, 3.05) is 0 Å². The lowest BCUT2D eigenvalue weighted by molar-refractivity contribution is 0.668. The van der Waals surface area contributed by atoms with Gasteiger partial charge >= 0.3 is 0 Å². The number of nitrogens with zero attached hydrogens (tertiary/aromatic N) is 3. The molecule has 0 amide bonds. The first-order valence-electron chi connectivity index (χ1n) is 14.5. The fourth-order valence-electron chi connectivity index (χ4n) is 6.05. The van der Waals surface area contributed by atoms with E-state index in [4.69, 9.17) is 23.8 Å². The molecule has 0 aliphatic carbocycles. The molecule has 0 fully saturated rings. The van der Waals surface area contributed by atoms with Gasteiger partial charge in [0.15, 0.2) is 17.5 Å². The van der Waals surface area contributed by atoms with Crippen LogP contribution in [0.5, 0.6) is 0 Å². The highest BCUT2D eigenvalue weighted by Gasteiger charge is 2.19. The molecule has 6 aromatic carbocycles. The Labute approximate surface area is 252 Å². The summed E-state index contributed by atoms with van der Waals surface area (Å²) in [5.74, 6) is 1.79. The Bertz CT molecular complexity index is 2440. The van der Waals surface area contributed by atoms with Crippen molar-refractivity contribution >= 4 is 43.9 Å². The van der Waals surface area contributed by atoms with Gasteiger partial charge in [0.05, 0.1) is 5.56 Å². The Morgan fingerprint density at radius 3 is 1.59 bits per heavy atom. The topological polar surface area (TPSA) is 65.0 Å². The molecule has 9 aromatic rings. The van der Waals surface area contributed by atoms with Gasteiger partial charge < -0.3 is 8.83 Å². The summed E-state index contributed by atoms with van der Waals surface area (Å²) in [4.78, 5) is 14.8. The van der Waals surface area contributed by atoms with Gasteiger partial charge in [0.2, 0.25) is 0 Å². The summed E-state index contributed by atoms with van der Waals surface area (Å²) in [7, 11) is 0. The van der Waals surface area contributed by atoms with Gasteiger partial charge in [-0.15, -0.1) is 0 Å². The summed E-state index contributed by atoms with van der Waals surface area (Å²) in [5.41, 5.74) is 8.06. The molecule has 0 saturated heterocycles. The molecule has 0 N–H and O–H groups in total. The van der Waals surface area contributed by atoms with Gasteiger partial charge in [-0.3, -0.25) is 0 Å². The highest BCUT2D eigenvalue weighted by Crippen LogP contribution is 2.41. The standard InChI is InChI=1S/C39H23N3O2/c1-3-11-24(12-4-1)37-40-38(25-13-5-2-6-14-25)42-39(41-37)31-19-10-18-30-29-17-9-16-27(35(29)44-36(30)31)26-21-22-34-32(23-26)28-15-7-8-20-33(28)43-34/h1-23H. The number of para-hydroxylation sites is 3. The van der Waals surface area contributed by atoms with Crippen molar-refractivity contribution in [2.24, 2.45) is 0 Å². The minimum absolute atomic E-state index is 0.565. The zero-order chi connectivity index (χ0) is 29.0. The van der Waals surface area contributed by atoms with Crippen LogP contribution in [0.2, 0.25) is 0 Å². The van der Waals surface area contributed by atoms with E-state index in [-0.39, 0.29) is 0 Å². The van der Waals surface area contributed by atoms with Crippen molar-refractivity contribution in [3.8, 4) is 45.3 Å². The molecule has 206 valence electrons. The molecule has 5 nitrogen and oxygen atoms in total. The van der Waals surface area contributed by atoms with E-state index in [1.807, 2.05) is 97.1 Å². The van der Waals surface area contributed by atoms with Gasteiger partial charge in [0.1, 0.15) is 22.3 Å². The quantitative estimate of drug-likeness (QED) is 0.212. The van der Waals surface area contributed by atoms with Gasteiger partial charge in [-0.2, -0.15) is 0 Å². The SMILES string of the molecule is c1ccc(-c2nc(-c3ccccc3)nc(-c3cccc4c3oc3c(-c5ccc6oc7ccccc7c6c5)cccc34)n2)cc1. The molecule has 0 aliphatic rings. The minimum Gasteiger partial charge on any atom is -0.456 e. The molecule has 0 saturated carbocycles. The van der Waals surface area contributed by atoms with Crippen LogP contribution in [0, 0.1) is 0 Å². The van der Waals surface area contributed by atoms with Crippen LogP contribution in [0.25, 0.3) is 89.2 Å². The van der Waals surface area contributed by atoms with E-state index >= 15 is 0 Å². The first-order chi connectivity index (χ1) is 21.8. The molecule has 0 unspecified atom stereocenters. The third kappa shape index (κ3) is 3.91. The normalized spacial score (nSPS) is 11.6. The lowest BCUT2D eigenvalue weighted by Crippen LogP contribution is -2.00. The number of benzene rings is 6. The number of fused-ring (bicyclic) bond motifs is 6. The largest absolute Gasteiger partial charge is 0.456 e. The molecule has 3 aromatic heterocycles. The first-order valence-corrected chi connectivity index (χ1v) is 14.5. The zero-order valence-corrected chi connectivity index (χ0v) is 23.4. The summed E-state index contributed by atoms with van der Waals surface area (Å²) >= 11 is 0. The van der Waals surface area contributed by atoms with Crippen LogP contribution < -0.4 is 0 Å². The second-order valence-electron chi connectivity index (χ2n) is 10.8. The van der Waals surface area contributed by atoms with E-state index in [1.54, 1.807) is 0 Å². The van der Waals surface area contributed by atoms with E-state index < -0.39 is 0 Å². The fourth-order valence-corrected chi connectivity index (χ4v) is 6.05. The van der Waals surface area contributed by atoms with Crippen LogP contribution in [0.3, 0.4) is 0 Å². The summed E-state index contributed by atoms with van der Waals surface area (Å²) in [6.07, 6.45) is 0. The van der Waals surface area contributed by atoms with Crippen LogP contribution in [0.15, 0.2) is 148 Å². The summed E-state index contributed by atoms with van der Waals surface area (Å²) in [5, 5.41) is 4.23. The highest BCUT2D eigenvalue weighted by molar-refractivity contribution is 6.13. The van der Waals surface area contributed by atoms with E-state index in [0.717, 1.165) is 71.7 Å². The van der Waals surface area contributed by atoms with Gasteiger partial charge in [-0.25, -0.2) is 15.0 Å². The lowest BCUT2D eigenvalue weighted by Gasteiger charge is -2.08. The van der Waals surface area contributed by atoms with E-state index in [9.17, 15) is 0 Å². The third-order valence-corrected chi connectivity index (χ3v) is 8.15. The van der Waals surface area contributed by atoms with Crippen molar-refractivity contribution in [3.05, 3.63) is 140 Å². The van der Waals surface area contributed by atoms with Crippen molar-refractivity contribution < 1.29 is 8.83 Å². The summed E-state index contributed by atoms with van der Waals surface area (Å²) in [6, 6.07) is 46.9. The lowest BCUT2D eigenvalue weighted by atomic mass is 10.00. The average molecular weight is 566 g/mol. The van der Waals surface area contributed by atoms with E-state index in [0.29, 0.717) is 17.5 Å². The van der Waals surface area contributed by atoms with Crippen LogP contribution >= 0.6 is 0 Å². The van der Waals surface area contributed by atoms with Gasteiger partial charge in [-0.1, -0.05) is 115 Å².